The van der Waals surface area contributed by atoms with E-state index < -0.39 is 17.4 Å². The summed E-state index contributed by atoms with van der Waals surface area (Å²) in [7, 11) is 0. The van der Waals surface area contributed by atoms with Crippen molar-refractivity contribution in [1.82, 2.24) is 10.3 Å². The summed E-state index contributed by atoms with van der Waals surface area (Å²) in [6, 6.07) is 11.0. The Morgan fingerprint density at radius 1 is 1.14 bits per heavy atom. The first-order valence-corrected chi connectivity index (χ1v) is 6.78. The maximum Gasteiger partial charge on any atom is 0.330 e. The largest absolute Gasteiger partial charge is 0.479 e. The van der Waals surface area contributed by atoms with Gasteiger partial charge in [-0.15, -0.1) is 0 Å². The van der Waals surface area contributed by atoms with E-state index in [9.17, 15) is 14.7 Å². The van der Waals surface area contributed by atoms with Gasteiger partial charge >= 0.3 is 5.97 Å². The number of carboxylic acid groups (broad SMARTS) is 1. The first-order chi connectivity index (χ1) is 10.00. The van der Waals surface area contributed by atoms with Gasteiger partial charge in [0.05, 0.1) is 0 Å². The van der Waals surface area contributed by atoms with Crippen molar-refractivity contribution in [2.24, 2.45) is 0 Å². The van der Waals surface area contributed by atoms with Crippen molar-refractivity contribution in [2.45, 2.75) is 25.3 Å². The molecule has 0 fully saturated rings. The maximum atomic E-state index is 12.3. The third kappa shape index (κ3) is 2.31. The zero-order valence-electron chi connectivity index (χ0n) is 11.6. The molecule has 5 nitrogen and oxygen atoms in total. The van der Waals surface area contributed by atoms with Crippen LogP contribution in [0.4, 0.5) is 0 Å². The fourth-order valence-electron chi connectivity index (χ4n) is 2.83. The molecule has 1 aliphatic carbocycles. The van der Waals surface area contributed by atoms with Crippen molar-refractivity contribution < 1.29 is 14.7 Å². The number of fused-ring (bicyclic) bond motifs is 1. The highest BCUT2D eigenvalue weighted by Gasteiger charge is 2.45. The number of nitrogens with one attached hydrogen (secondary N) is 2. The molecule has 108 valence electrons. The molecule has 3 rings (SSSR count). The van der Waals surface area contributed by atoms with Crippen molar-refractivity contribution in [3.8, 4) is 0 Å². The fourth-order valence-corrected chi connectivity index (χ4v) is 2.83. The minimum absolute atomic E-state index is 0.309. The Bertz CT molecular complexity index is 693. The summed E-state index contributed by atoms with van der Waals surface area (Å²) in [4.78, 5) is 26.9. The molecule has 3 N–H and O–H groups in total. The van der Waals surface area contributed by atoms with E-state index in [0.717, 1.165) is 16.8 Å². The van der Waals surface area contributed by atoms with Crippen molar-refractivity contribution >= 4 is 11.9 Å². The second-order valence-corrected chi connectivity index (χ2v) is 5.52. The van der Waals surface area contributed by atoms with Gasteiger partial charge in [-0.3, -0.25) is 4.79 Å². The van der Waals surface area contributed by atoms with Gasteiger partial charge in [0, 0.05) is 18.5 Å². The Morgan fingerprint density at radius 2 is 1.76 bits per heavy atom. The molecule has 0 saturated heterocycles. The number of aliphatic carboxylic acids is 1. The average Bonchev–Trinajstić information content (AvgIpc) is 3.02. The number of carboxylic acids is 1. The molecule has 1 aromatic heterocycles. The van der Waals surface area contributed by atoms with Crippen LogP contribution in [0.15, 0.2) is 36.4 Å². The molecule has 0 aliphatic heterocycles. The van der Waals surface area contributed by atoms with Crippen LogP contribution in [0.25, 0.3) is 0 Å². The Kier molecular flexibility index (Phi) is 3.05. The number of benzene rings is 1. The number of aromatic amines is 1. The molecular weight excluding hydrogens is 268 g/mol. The standard InChI is InChI=1S/C16H16N2O3/c1-10-6-7-13(17-10)14(19)18-16(15(20)21)8-11-4-2-3-5-12(11)9-16/h2-7,17H,8-9H2,1H3,(H,18,19)(H,20,21). The third-order valence-corrected chi connectivity index (χ3v) is 3.94. The van der Waals surface area contributed by atoms with Crippen molar-refractivity contribution in [3.05, 3.63) is 58.9 Å². The van der Waals surface area contributed by atoms with E-state index in [1.165, 1.54) is 0 Å². The number of aryl methyl sites for hydroxylation is 1. The quantitative estimate of drug-likeness (QED) is 0.802. The van der Waals surface area contributed by atoms with E-state index in [-0.39, 0.29) is 0 Å². The summed E-state index contributed by atoms with van der Waals surface area (Å²) >= 11 is 0. The second-order valence-electron chi connectivity index (χ2n) is 5.52. The van der Waals surface area contributed by atoms with Crippen LogP contribution in [-0.4, -0.2) is 27.5 Å². The molecule has 0 bridgehead atoms. The van der Waals surface area contributed by atoms with E-state index in [4.69, 9.17) is 0 Å². The SMILES string of the molecule is Cc1ccc(C(=O)NC2(C(=O)O)Cc3ccccc3C2)[nH]1. The van der Waals surface area contributed by atoms with E-state index in [1.807, 2.05) is 31.2 Å². The van der Waals surface area contributed by atoms with Crippen molar-refractivity contribution in [3.63, 3.8) is 0 Å². The molecule has 0 radical (unpaired) electrons. The summed E-state index contributed by atoms with van der Waals surface area (Å²) < 4.78 is 0. The van der Waals surface area contributed by atoms with Crippen molar-refractivity contribution in [1.29, 1.82) is 0 Å². The highest BCUT2D eigenvalue weighted by Crippen LogP contribution is 2.30. The third-order valence-electron chi connectivity index (χ3n) is 3.94. The van der Waals surface area contributed by atoms with Gasteiger partial charge in [-0.2, -0.15) is 0 Å². The van der Waals surface area contributed by atoms with Crippen LogP contribution in [0.2, 0.25) is 0 Å². The molecule has 21 heavy (non-hydrogen) atoms. The van der Waals surface area contributed by atoms with Crippen LogP contribution in [0, 0.1) is 6.92 Å². The van der Waals surface area contributed by atoms with Crippen LogP contribution >= 0.6 is 0 Å². The number of amides is 1. The smallest absolute Gasteiger partial charge is 0.330 e. The Balaban J connectivity index is 1.87. The Labute approximate surface area is 122 Å². The molecule has 0 atom stereocenters. The van der Waals surface area contributed by atoms with Crippen LogP contribution in [0.1, 0.15) is 27.3 Å². The number of H-pyrrole nitrogens is 1. The predicted molar refractivity (Wildman–Crippen MR) is 77.2 cm³/mol. The van der Waals surface area contributed by atoms with Gasteiger partial charge in [-0.05, 0) is 30.2 Å². The predicted octanol–water partition coefficient (Wildman–Crippen LogP) is 1.68. The molecule has 1 amide bonds. The topological polar surface area (TPSA) is 82.2 Å². The summed E-state index contributed by atoms with van der Waals surface area (Å²) in [5, 5.41) is 12.3. The van der Waals surface area contributed by atoms with Gasteiger partial charge in [0.1, 0.15) is 11.2 Å². The molecule has 1 aliphatic rings. The lowest BCUT2D eigenvalue weighted by atomic mass is 9.95. The number of carbonyl (C=O) groups excluding carboxylic acids is 1. The number of hydrogen-bond donors (Lipinski definition) is 3. The minimum atomic E-state index is -1.26. The molecule has 5 heteroatoms. The summed E-state index contributed by atoms with van der Waals surface area (Å²) in [5.74, 6) is -1.39. The highest BCUT2D eigenvalue weighted by molar-refractivity contribution is 5.97. The second kappa shape index (κ2) is 4.77. The lowest BCUT2D eigenvalue weighted by molar-refractivity contribution is -0.144. The first-order valence-electron chi connectivity index (χ1n) is 6.78. The van der Waals surface area contributed by atoms with Crippen LogP contribution in [-0.2, 0) is 17.6 Å². The summed E-state index contributed by atoms with van der Waals surface area (Å²) in [6.45, 7) is 1.84. The maximum absolute atomic E-state index is 12.3. The lowest BCUT2D eigenvalue weighted by Gasteiger charge is -2.25. The van der Waals surface area contributed by atoms with Gasteiger partial charge in [-0.25, -0.2) is 4.79 Å². The van der Waals surface area contributed by atoms with E-state index in [1.54, 1.807) is 12.1 Å². The van der Waals surface area contributed by atoms with Gasteiger partial charge in [0.2, 0.25) is 0 Å². The first kappa shape index (κ1) is 13.4. The van der Waals surface area contributed by atoms with Crippen LogP contribution < -0.4 is 5.32 Å². The number of aromatic nitrogens is 1. The summed E-state index contributed by atoms with van der Waals surface area (Å²) in [6.07, 6.45) is 0.619. The highest BCUT2D eigenvalue weighted by atomic mass is 16.4. The number of carbonyl (C=O) groups is 2. The zero-order chi connectivity index (χ0) is 15.0. The van der Waals surface area contributed by atoms with Gasteiger partial charge in [0.15, 0.2) is 0 Å². The monoisotopic (exact) mass is 284 g/mol. The minimum Gasteiger partial charge on any atom is -0.479 e. The Hall–Kier alpha value is -2.56. The van der Waals surface area contributed by atoms with Crippen LogP contribution in [0.5, 0.6) is 0 Å². The van der Waals surface area contributed by atoms with Gasteiger partial charge in [0.25, 0.3) is 5.91 Å². The summed E-state index contributed by atoms with van der Waals surface area (Å²) in [5.41, 5.74) is 1.92. The lowest BCUT2D eigenvalue weighted by Crippen LogP contribution is -2.55. The molecule has 1 heterocycles. The molecule has 1 aromatic carbocycles. The Morgan fingerprint density at radius 3 is 2.24 bits per heavy atom. The van der Waals surface area contributed by atoms with E-state index >= 15 is 0 Å². The average molecular weight is 284 g/mol. The van der Waals surface area contributed by atoms with E-state index in [0.29, 0.717) is 18.5 Å². The number of hydrogen-bond acceptors (Lipinski definition) is 2. The van der Waals surface area contributed by atoms with Gasteiger partial charge < -0.3 is 15.4 Å². The molecule has 0 unspecified atom stereocenters. The van der Waals surface area contributed by atoms with E-state index in [2.05, 4.69) is 10.3 Å². The van der Waals surface area contributed by atoms with Crippen LogP contribution in [0.3, 0.4) is 0 Å². The molecule has 2 aromatic rings. The normalized spacial score (nSPS) is 15.5. The molecular formula is C16H16N2O3. The molecule has 0 spiro atoms. The zero-order valence-corrected chi connectivity index (χ0v) is 11.6. The fraction of sp³-hybridized carbons (Fsp3) is 0.250. The van der Waals surface area contributed by atoms with Crippen molar-refractivity contribution in [2.75, 3.05) is 0 Å². The number of rotatable bonds is 3. The van der Waals surface area contributed by atoms with Gasteiger partial charge in [-0.1, -0.05) is 24.3 Å². The molecule has 0 saturated carbocycles.